The average Bonchev–Trinajstić information content (AvgIpc) is 2.31. The van der Waals surface area contributed by atoms with Crippen LogP contribution in [0.15, 0.2) is 6.20 Å². The number of likely N-dealkylation sites (tertiary alicyclic amines) is 1. The molecule has 1 aromatic rings. The molecule has 2 heterocycles. The maximum Gasteiger partial charge on any atom is 0.236 e. The molecule has 1 aromatic heterocycles. The zero-order valence-corrected chi connectivity index (χ0v) is 12.2. The fourth-order valence-corrected chi connectivity index (χ4v) is 2.16. The smallest absolute Gasteiger partial charge is 0.236 e. The first kappa shape index (κ1) is 14.2. The zero-order chi connectivity index (χ0) is 14.0. The van der Waals surface area contributed by atoms with Gasteiger partial charge in [0.2, 0.25) is 5.88 Å². The molecule has 106 valence electrons. The van der Waals surface area contributed by atoms with Gasteiger partial charge < -0.3 is 9.84 Å². The number of rotatable bonds is 4. The van der Waals surface area contributed by atoms with Crippen molar-refractivity contribution in [2.75, 3.05) is 26.8 Å². The summed E-state index contributed by atoms with van der Waals surface area (Å²) < 4.78 is 5.35. The fourth-order valence-electron chi connectivity index (χ4n) is 2.16. The Bertz CT molecular complexity index is 437. The van der Waals surface area contributed by atoms with Gasteiger partial charge in [0.05, 0.1) is 12.8 Å². The van der Waals surface area contributed by atoms with E-state index in [-0.39, 0.29) is 12.0 Å². The minimum atomic E-state index is -0.0302. The summed E-state index contributed by atoms with van der Waals surface area (Å²) in [6.45, 7) is 9.16. The molecule has 0 amide bonds. The SMILES string of the molecule is COc1nc(C(C)(C)C)cnc1CN1CC(CO)C1. The molecule has 1 fully saturated rings. The van der Waals surface area contributed by atoms with Gasteiger partial charge in [-0.1, -0.05) is 20.8 Å². The second-order valence-corrected chi connectivity index (χ2v) is 6.20. The molecule has 1 N–H and O–H groups in total. The summed E-state index contributed by atoms with van der Waals surface area (Å²) in [6, 6.07) is 0. The molecule has 0 radical (unpaired) electrons. The molecule has 1 saturated heterocycles. The number of aliphatic hydroxyl groups excluding tert-OH is 1. The van der Waals surface area contributed by atoms with Crippen LogP contribution in [0.1, 0.15) is 32.2 Å². The van der Waals surface area contributed by atoms with Crippen LogP contribution in [0.2, 0.25) is 0 Å². The summed E-state index contributed by atoms with van der Waals surface area (Å²) in [6.07, 6.45) is 1.83. The molecule has 1 aliphatic rings. The molecule has 0 atom stereocenters. The Balaban J connectivity index is 2.09. The molecule has 0 aromatic carbocycles. The number of nitrogens with zero attached hydrogens (tertiary/aromatic N) is 3. The quantitative estimate of drug-likeness (QED) is 0.886. The Morgan fingerprint density at radius 2 is 2.11 bits per heavy atom. The molecule has 5 heteroatoms. The van der Waals surface area contributed by atoms with Crippen LogP contribution < -0.4 is 4.74 Å². The number of aliphatic hydroxyl groups is 1. The van der Waals surface area contributed by atoms with Crippen LogP contribution in [0, 0.1) is 5.92 Å². The van der Waals surface area contributed by atoms with Gasteiger partial charge in [-0.2, -0.15) is 0 Å². The van der Waals surface area contributed by atoms with Crippen LogP contribution >= 0.6 is 0 Å². The lowest BCUT2D eigenvalue weighted by molar-refractivity contribution is 0.0462. The van der Waals surface area contributed by atoms with Gasteiger partial charge in [-0.05, 0) is 0 Å². The highest BCUT2D eigenvalue weighted by molar-refractivity contribution is 5.23. The van der Waals surface area contributed by atoms with Crippen LogP contribution in [0.3, 0.4) is 0 Å². The molecule has 19 heavy (non-hydrogen) atoms. The van der Waals surface area contributed by atoms with E-state index in [1.807, 2.05) is 6.20 Å². The number of methoxy groups -OCH3 is 1. The van der Waals surface area contributed by atoms with E-state index in [4.69, 9.17) is 9.84 Å². The van der Waals surface area contributed by atoms with Crippen molar-refractivity contribution < 1.29 is 9.84 Å². The molecule has 0 unspecified atom stereocenters. The Morgan fingerprint density at radius 1 is 1.42 bits per heavy atom. The third-order valence-electron chi connectivity index (χ3n) is 3.44. The van der Waals surface area contributed by atoms with Crippen molar-refractivity contribution in [1.82, 2.24) is 14.9 Å². The number of aromatic nitrogens is 2. The first-order valence-corrected chi connectivity index (χ1v) is 6.67. The van der Waals surface area contributed by atoms with E-state index >= 15 is 0 Å². The first-order valence-electron chi connectivity index (χ1n) is 6.67. The number of ether oxygens (including phenoxy) is 1. The predicted octanol–water partition coefficient (Wildman–Crippen LogP) is 1.21. The van der Waals surface area contributed by atoms with E-state index < -0.39 is 0 Å². The molecule has 0 spiro atoms. The van der Waals surface area contributed by atoms with E-state index in [0.717, 1.165) is 31.0 Å². The van der Waals surface area contributed by atoms with E-state index in [0.29, 0.717) is 11.8 Å². The van der Waals surface area contributed by atoms with Crippen molar-refractivity contribution in [3.8, 4) is 5.88 Å². The maximum absolute atomic E-state index is 9.02. The highest BCUT2D eigenvalue weighted by Gasteiger charge is 2.27. The molecule has 5 nitrogen and oxygen atoms in total. The highest BCUT2D eigenvalue weighted by atomic mass is 16.5. The van der Waals surface area contributed by atoms with Crippen molar-refractivity contribution in [3.05, 3.63) is 17.6 Å². The molecule has 1 aliphatic heterocycles. The molecule has 0 bridgehead atoms. The van der Waals surface area contributed by atoms with Crippen LogP contribution in [-0.2, 0) is 12.0 Å². The van der Waals surface area contributed by atoms with Crippen LogP contribution in [0.4, 0.5) is 0 Å². The van der Waals surface area contributed by atoms with E-state index in [2.05, 4.69) is 35.6 Å². The van der Waals surface area contributed by atoms with Gasteiger partial charge in [0.15, 0.2) is 0 Å². The lowest BCUT2D eigenvalue weighted by atomic mass is 9.92. The second-order valence-electron chi connectivity index (χ2n) is 6.20. The molecular weight excluding hydrogens is 242 g/mol. The highest BCUT2D eigenvalue weighted by Crippen LogP contribution is 2.25. The zero-order valence-electron chi connectivity index (χ0n) is 12.2. The molecule has 0 saturated carbocycles. The average molecular weight is 265 g/mol. The Labute approximate surface area is 114 Å². The monoisotopic (exact) mass is 265 g/mol. The van der Waals surface area contributed by atoms with Crippen molar-refractivity contribution in [2.45, 2.75) is 32.7 Å². The molecular formula is C14H23N3O2. The maximum atomic E-state index is 9.02. The third kappa shape index (κ3) is 3.22. The summed E-state index contributed by atoms with van der Waals surface area (Å²) in [7, 11) is 1.63. The minimum absolute atomic E-state index is 0.0302. The Morgan fingerprint density at radius 3 is 2.63 bits per heavy atom. The Hall–Kier alpha value is -1.20. The van der Waals surface area contributed by atoms with E-state index in [9.17, 15) is 0 Å². The van der Waals surface area contributed by atoms with Gasteiger partial charge in [0.1, 0.15) is 5.69 Å². The van der Waals surface area contributed by atoms with Crippen LogP contribution in [-0.4, -0.2) is 46.8 Å². The first-order chi connectivity index (χ1) is 8.94. The van der Waals surface area contributed by atoms with Crippen molar-refractivity contribution in [1.29, 1.82) is 0 Å². The lowest BCUT2D eigenvalue weighted by Crippen LogP contribution is -2.47. The topological polar surface area (TPSA) is 58.5 Å². The van der Waals surface area contributed by atoms with Crippen molar-refractivity contribution >= 4 is 0 Å². The standard InChI is InChI=1S/C14H23N3O2/c1-14(2,3)12-5-15-11(13(16-12)19-4)8-17-6-10(7-17)9-18/h5,10,18H,6-9H2,1-4H3. The van der Waals surface area contributed by atoms with Gasteiger partial charge in [-0.3, -0.25) is 9.88 Å². The summed E-state index contributed by atoms with van der Waals surface area (Å²) in [5.74, 6) is 1.02. The second kappa shape index (κ2) is 5.43. The summed E-state index contributed by atoms with van der Waals surface area (Å²) in [5, 5.41) is 9.02. The van der Waals surface area contributed by atoms with Crippen molar-refractivity contribution in [3.63, 3.8) is 0 Å². The number of hydrogen-bond donors (Lipinski definition) is 1. The minimum Gasteiger partial charge on any atom is -0.480 e. The number of hydrogen-bond acceptors (Lipinski definition) is 5. The molecule has 0 aliphatic carbocycles. The van der Waals surface area contributed by atoms with Crippen LogP contribution in [0.5, 0.6) is 5.88 Å². The Kier molecular flexibility index (Phi) is 4.06. The molecule has 2 rings (SSSR count). The fraction of sp³-hybridized carbons (Fsp3) is 0.714. The largest absolute Gasteiger partial charge is 0.480 e. The van der Waals surface area contributed by atoms with Gasteiger partial charge in [-0.15, -0.1) is 0 Å². The lowest BCUT2D eigenvalue weighted by Gasteiger charge is -2.38. The van der Waals surface area contributed by atoms with E-state index in [1.54, 1.807) is 7.11 Å². The van der Waals surface area contributed by atoms with Gasteiger partial charge in [0, 0.05) is 43.8 Å². The third-order valence-corrected chi connectivity index (χ3v) is 3.44. The summed E-state index contributed by atoms with van der Waals surface area (Å²) >= 11 is 0. The van der Waals surface area contributed by atoms with Gasteiger partial charge >= 0.3 is 0 Å². The van der Waals surface area contributed by atoms with E-state index in [1.165, 1.54) is 0 Å². The van der Waals surface area contributed by atoms with Gasteiger partial charge in [-0.25, -0.2) is 4.98 Å². The summed E-state index contributed by atoms with van der Waals surface area (Å²) in [5.41, 5.74) is 1.77. The van der Waals surface area contributed by atoms with Crippen molar-refractivity contribution in [2.24, 2.45) is 5.92 Å². The van der Waals surface area contributed by atoms with Crippen LogP contribution in [0.25, 0.3) is 0 Å². The summed E-state index contributed by atoms with van der Waals surface area (Å²) in [4.78, 5) is 11.3. The predicted molar refractivity (Wildman–Crippen MR) is 73.1 cm³/mol. The normalized spacial score (nSPS) is 17.3. The van der Waals surface area contributed by atoms with Gasteiger partial charge in [0.25, 0.3) is 0 Å².